The quantitative estimate of drug-likeness (QED) is 0.349. The van der Waals surface area contributed by atoms with E-state index in [9.17, 15) is 14.9 Å². The van der Waals surface area contributed by atoms with E-state index in [1.165, 1.54) is 12.1 Å². The Morgan fingerprint density at radius 2 is 1.81 bits per heavy atom. The molecule has 0 fully saturated rings. The topological polar surface area (TPSA) is 72.2 Å². The lowest BCUT2D eigenvalue weighted by Gasteiger charge is -2.10. The molecule has 1 N–H and O–H groups in total. The number of nitro benzene ring substituents is 1. The van der Waals surface area contributed by atoms with E-state index >= 15 is 0 Å². The molecule has 2 rings (SSSR count). The second kappa shape index (κ2) is 6.84. The molecular formula is C13H7Br2IN2O3. The van der Waals surface area contributed by atoms with Crippen molar-refractivity contribution in [2.75, 3.05) is 5.32 Å². The van der Waals surface area contributed by atoms with Gasteiger partial charge in [-0.05, 0) is 72.6 Å². The molecule has 0 saturated carbocycles. The molecule has 2 aromatic rings. The summed E-state index contributed by atoms with van der Waals surface area (Å²) in [6, 6.07) is 9.58. The lowest BCUT2D eigenvalue weighted by molar-refractivity contribution is -0.384. The average Bonchev–Trinajstić information content (AvgIpc) is 2.43. The number of amides is 1. The largest absolute Gasteiger partial charge is 0.320 e. The summed E-state index contributed by atoms with van der Waals surface area (Å²) in [5.74, 6) is -0.407. The predicted octanol–water partition coefficient (Wildman–Crippen LogP) is 4.98. The third-order valence-electron chi connectivity index (χ3n) is 2.61. The molecule has 0 aromatic heterocycles. The third-order valence-corrected chi connectivity index (χ3v) is 4.87. The number of non-ortho nitro benzene ring substituents is 1. The van der Waals surface area contributed by atoms with E-state index in [-0.39, 0.29) is 11.3 Å². The average molecular weight is 526 g/mol. The van der Waals surface area contributed by atoms with Gasteiger partial charge in [0.1, 0.15) is 0 Å². The van der Waals surface area contributed by atoms with E-state index in [4.69, 9.17) is 0 Å². The van der Waals surface area contributed by atoms with E-state index < -0.39 is 10.8 Å². The Morgan fingerprint density at radius 1 is 1.19 bits per heavy atom. The van der Waals surface area contributed by atoms with Crippen LogP contribution in [0.1, 0.15) is 10.4 Å². The normalized spacial score (nSPS) is 10.2. The Kier molecular flexibility index (Phi) is 5.33. The van der Waals surface area contributed by atoms with Crippen molar-refractivity contribution in [2.45, 2.75) is 0 Å². The number of nitro groups is 1. The van der Waals surface area contributed by atoms with Crippen LogP contribution in [0.3, 0.4) is 0 Å². The van der Waals surface area contributed by atoms with E-state index in [2.05, 4.69) is 37.2 Å². The van der Waals surface area contributed by atoms with Gasteiger partial charge in [-0.1, -0.05) is 6.07 Å². The SMILES string of the molecule is O=C(Nc1c(Br)cccc1Br)c1cc([N+](=O)[O-])ccc1I. The Morgan fingerprint density at radius 3 is 2.38 bits per heavy atom. The van der Waals surface area contributed by atoms with Gasteiger partial charge in [-0.3, -0.25) is 14.9 Å². The first kappa shape index (κ1) is 16.4. The second-order valence-electron chi connectivity index (χ2n) is 3.97. The zero-order valence-electron chi connectivity index (χ0n) is 10.3. The van der Waals surface area contributed by atoms with E-state index in [0.29, 0.717) is 18.2 Å². The maximum absolute atomic E-state index is 12.3. The number of rotatable bonds is 3. The van der Waals surface area contributed by atoms with Crippen LogP contribution in [-0.4, -0.2) is 10.8 Å². The van der Waals surface area contributed by atoms with E-state index in [0.717, 1.165) is 0 Å². The first-order valence-corrected chi connectivity index (χ1v) is 8.26. The molecule has 0 aliphatic carbocycles. The summed E-state index contributed by atoms with van der Waals surface area (Å²) in [5.41, 5.74) is 0.712. The van der Waals surface area contributed by atoms with Crippen LogP contribution in [-0.2, 0) is 0 Å². The number of para-hydroxylation sites is 1. The molecule has 1 amide bonds. The summed E-state index contributed by atoms with van der Waals surface area (Å²) < 4.78 is 2.07. The third kappa shape index (κ3) is 3.80. The van der Waals surface area contributed by atoms with Gasteiger partial charge in [0.2, 0.25) is 0 Å². The van der Waals surface area contributed by atoms with Crippen LogP contribution >= 0.6 is 54.5 Å². The molecule has 5 nitrogen and oxygen atoms in total. The number of hydrogen-bond acceptors (Lipinski definition) is 3. The maximum atomic E-state index is 12.3. The molecule has 21 heavy (non-hydrogen) atoms. The number of anilines is 1. The molecular weight excluding hydrogens is 519 g/mol. The van der Waals surface area contributed by atoms with Gasteiger partial charge in [-0.25, -0.2) is 0 Å². The fraction of sp³-hybridized carbons (Fsp3) is 0. The molecule has 0 saturated heterocycles. The van der Waals surface area contributed by atoms with Crippen LogP contribution in [0.5, 0.6) is 0 Å². The van der Waals surface area contributed by atoms with Crippen molar-refractivity contribution in [1.29, 1.82) is 0 Å². The van der Waals surface area contributed by atoms with Gasteiger partial charge in [-0.15, -0.1) is 0 Å². The molecule has 2 aromatic carbocycles. The minimum Gasteiger partial charge on any atom is -0.320 e. The highest BCUT2D eigenvalue weighted by atomic mass is 127. The van der Waals surface area contributed by atoms with Crippen molar-refractivity contribution in [3.05, 3.63) is 64.6 Å². The van der Waals surface area contributed by atoms with Crippen LogP contribution in [0, 0.1) is 13.7 Å². The number of carbonyl (C=O) groups excluding carboxylic acids is 1. The molecule has 0 heterocycles. The highest BCUT2D eigenvalue weighted by Crippen LogP contribution is 2.31. The van der Waals surface area contributed by atoms with Crippen LogP contribution in [0.4, 0.5) is 11.4 Å². The Labute approximate surface area is 150 Å². The van der Waals surface area contributed by atoms with Crippen molar-refractivity contribution in [1.82, 2.24) is 0 Å². The Balaban J connectivity index is 2.37. The Bertz CT molecular complexity index is 717. The molecule has 0 atom stereocenters. The fourth-order valence-electron chi connectivity index (χ4n) is 1.60. The van der Waals surface area contributed by atoms with E-state index in [1.807, 2.05) is 28.7 Å². The van der Waals surface area contributed by atoms with E-state index in [1.54, 1.807) is 18.2 Å². The molecule has 8 heteroatoms. The molecule has 108 valence electrons. The molecule has 0 spiro atoms. The van der Waals surface area contributed by atoms with Crippen LogP contribution < -0.4 is 5.32 Å². The standard InChI is InChI=1S/C13H7Br2IN2O3/c14-9-2-1-3-10(15)12(9)17-13(19)8-6-7(18(20)21)4-5-11(8)16/h1-6H,(H,17,19). The molecule has 0 unspecified atom stereocenters. The van der Waals surface area contributed by atoms with Gasteiger partial charge in [-0.2, -0.15) is 0 Å². The van der Waals surface area contributed by atoms with Gasteiger partial charge in [0.15, 0.2) is 0 Å². The lowest BCUT2D eigenvalue weighted by atomic mass is 10.2. The minimum atomic E-state index is -0.527. The highest BCUT2D eigenvalue weighted by molar-refractivity contribution is 14.1. The lowest BCUT2D eigenvalue weighted by Crippen LogP contribution is -2.14. The summed E-state index contributed by atoms with van der Waals surface area (Å²) in [5, 5.41) is 13.6. The van der Waals surface area contributed by atoms with Gasteiger partial charge in [0.25, 0.3) is 11.6 Å². The van der Waals surface area contributed by atoms with Gasteiger partial charge in [0, 0.05) is 24.6 Å². The van der Waals surface area contributed by atoms with Crippen molar-refractivity contribution in [3.8, 4) is 0 Å². The van der Waals surface area contributed by atoms with Crippen LogP contribution in [0.15, 0.2) is 45.3 Å². The first-order valence-electron chi connectivity index (χ1n) is 5.59. The zero-order valence-corrected chi connectivity index (χ0v) is 15.6. The number of hydrogen-bond donors (Lipinski definition) is 1. The fourth-order valence-corrected chi connectivity index (χ4v) is 3.38. The Hall–Kier alpha value is -1.00. The van der Waals surface area contributed by atoms with Gasteiger partial charge >= 0.3 is 0 Å². The van der Waals surface area contributed by atoms with Gasteiger partial charge in [0.05, 0.1) is 16.2 Å². The summed E-state index contributed by atoms with van der Waals surface area (Å²) in [6.07, 6.45) is 0. The maximum Gasteiger partial charge on any atom is 0.270 e. The second-order valence-corrected chi connectivity index (χ2v) is 6.84. The van der Waals surface area contributed by atoms with Crippen LogP contribution in [0.2, 0.25) is 0 Å². The molecule has 0 aliphatic rings. The summed E-state index contributed by atoms with van der Waals surface area (Å²) in [4.78, 5) is 22.6. The number of nitrogens with zero attached hydrogens (tertiary/aromatic N) is 1. The monoisotopic (exact) mass is 524 g/mol. The van der Waals surface area contributed by atoms with Crippen molar-refractivity contribution < 1.29 is 9.72 Å². The number of nitrogens with one attached hydrogen (secondary N) is 1. The van der Waals surface area contributed by atoms with Crippen LogP contribution in [0.25, 0.3) is 0 Å². The highest BCUT2D eigenvalue weighted by Gasteiger charge is 2.17. The zero-order chi connectivity index (χ0) is 15.6. The molecule has 0 radical (unpaired) electrons. The molecule has 0 bridgehead atoms. The summed E-state index contributed by atoms with van der Waals surface area (Å²) >= 11 is 8.67. The minimum absolute atomic E-state index is 0.119. The summed E-state index contributed by atoms with van der Waals surface area (Å²) in [7, 11) is 0. The number of benzene rings is 2. The van der Waals surface area contributed by atoms with Crippen molar-refractivity contribution in [2.24, 2.45) is 0 Å². The van der Waals surface area contributed by atoms with Gasteiger partial charge < -0.3 is 5.32 Å². The summed E-state index contributed by atoms with van der Waals surface area (Å²) in [6.45, 7) is 0. The molecule has 0 aliphatic heterocycles. The first-order chi connectivity index (χ1) is 9.90. The predicted molar refractivity (Wildman–Crippen MR) is 95.6 cm³/mol. The number of carbonyl (C=O) groups is 1. The van der Waals surface area contributed by atoms with Crippen molar-refractivity contribution >= 4 is 71.7 Å². The smallest absolute Gasteiger partial charge is 0.270 e. The number of halogens is 3. The van der Waals surface area contributed by atoms with Crippen molar-refractivity contribution in [3.63, 3.8) is 0 Å².